The first-order chi connectivity index (χ1) is 11.2. The lowest BCUT2D eigenvalue weighted by Gasteiger charge is -2.09. The second-order valence-corrected chi connectivity index (χ2v) is 5.72. The van der Waals surface area contributed by atoms with Gasteiger partial charge in [-0.15, -0.1) is 5.10 Å². The molecule has 0 bridgehead atoms. The number of aromatic nitrogens is 3. The summed E-state index contributed by atoms with van der Waals surface area (Å²) in [6.45, 7) is 4.10. The van der Waals surface area contributed by atoms with Gasteiger partial charge in [-0.3, -0.25) is 4.79 Å². The zero-order chi connectivity index (χ0) is 16.2. The van der Waals surface area contributed by atoms with Gasteiger partial charge in [0, 0.05) is 0 Å². The van der Waals surface area contributed by atoms with Crippen LogP contribution in [0.4, 0.5) is 0 Å². The van der Waals surface area contributed by atoms with Gasteiger partial charge >= 0.3 is 0 Å². The Balaban J connectivity index is 1.91. The van der Waals surface area contributed by atoms with E-state index in [0.717, 1.165) is 36.1 Å². The highest BCUT2D eigenvalue weighted by molar-refractivity contribution is 5.73. The Kier molecular flexibility index (Phi) is 4.33. The van der Waals surface area contributed by atoms with Gasteiger partial charge < -0.3 is 0 Å². The predicted molar refractivity (Wildman–Crippen MR) is 90.1 cm³/mol. The molecule has 2 aromatic carbocycles. The molecule has 0 unspecified atom stereocenters. The molecule has 0 aliphatic rings. The van der Waals surface area contributed by atoms with Gasteiger partial charge in [-0.05, 0) is 43.9 Å². The highest BCUT2D eigenvalue weighted by Crippen LogP contribution is 2.18. The van der Waals surface area contributed by atoms with Crippen LogP contribution in [0.15, 0.2) is 48.5 Å². The fraction of sp³-hybridized carbons (Fsp3) is 0.211. The number of rotatable bonds is 5. The molecule has 116 valence electrons. The van der Waals surface area contributed by atoms with Gasteiger partial charge in [0.15, 0.2) is 6.29 Å². The number of para-hydroxylation sites is 1. The van der Waals surface area contributed by atoms with E-state index in [2.05, 4.69) is 41.5 Å². The van der Waals surface area contributed by atoms with Gasteiger partial charge in [0.05, 0.1) is 11.4 Å². The summed E-state index contributed by atoms with van der Waals surface area (Å²) in [5.41, 5.74) is 5.83. The Morgan fingerprint density at radius 2 is 1.74 bits per heavy atom. The first kappa shape index (κ1) is 15.2. The maximum absolute atomic E-state index is 11.3. The van der Waals surface area contributed by atoms with Crippen LogP contribution in [-0.4, -0.2) is 21.3 Å². The number of aldehydes is 1. The SMILES string of the molecule is Cc1ccc(CCc2c(C=O)nnn2-c2ccccc2C)cc1. The summed E-state index contributed by atoms with van der Waals surface area (Å²) in [6.07, 6.45) is 2.35. The Morgan fingerprint density at radius 3 is 2.43 bits per heavy atom. The van der Waals surface area contributed by atoms with E-state index < -0.39 is 0 Å². The molecule has 0 aliphatic carbocycles. The summed E-state index contributed by atoms with van der Waals surface area (Å²) in [6, 6.07) is 16.4. The third kappa shape index (κ3) is 3.21. The third-order valence-electron chi connectivity index (χ3n) is 4.02. The average molecular weight is 305 g/mol. The number of aryl methyl sites for hydroxylation is 3. The van der Waals surface area contributed by atoms with Crippen molar-refractivity contribution in [2.75, 3.05) is 0 Å². The van der Waals surface area contributed by atoms with Crippen LogP contribution in [-0.2, 0) is 12.8 Å². The normalized spacial score (nSPS) is 10.7. The molecule has 3 rings (SSSR count). The van der Waals surface area contributed by atoms with Crippen LogP contribution in [0.1, 0.15) is 32.9 Å². The molecule has 1 heterocycles. The van der Waals surface area contributed by atoms with Crippen molar-refractivity contribution in [2.45, 2.75) is 26.7 Å². The lowest BCUT2D eigenvalue weighted by molar-refractivity contribution is 0.111. The van der Waals surface area contributed by atoms with E-state index in [1.165, 1.54) is 11.1 Å². The van der Waals surface area contributed by atoms with E-state index in [-0.39, 0.29) is 0 Å². The molecule has 0 saturated carbocycles. The molecule has 0 atom stereocenters. The summed E-state index contributed by atoms with van der Waals surface area (Å²) < 4.78 is 1.78. The Hall–Kier alpha value is -2.75. The monoisotopic (exact) mass is 305 g/mol. The van der Waals surface area contributed by atoms with E-state index in [0.29, 0.717) is 5.69 Å². The van der Waals surface area contributed by atoms with Crippen molar-refractivity contribution in [3.8, 4) is 5.69 Å². The fourth-order valence-corrected chi connectivity index (χ4v) is 2.65. The Morgan fingerprint density at radius 1 is 1.00 bits per heavy atom. The smallest absolute Gasteiger partial charge is 0.172 e. The van der Waals surface area contributed by atoms with Crippen molar-refractivity contribution in [3.05, 3.63) is 76.6 Å². The van der Waals surface area contributed by atoms with Crippen LogP contribution >= 0.6 is 0 Å². The van der Waals surface area contributed by atoms with Gasteiger partial charge in [-0.1, -0.05) is 53.2 Å². The minimum absolute atomic E-state index is 0.417. The van der Waals surface area contributed by atoms with E-state index >= 15 is 0 Å². The van der Waals surface area contributed by atoms with E-state index in [9.17, 15) is 4.79 Å². The molecule has 0 spiro atoms. The first-order valence-corrected chi connectivity index (χ1v) is 7.70. The van der Waals surface area contributed by atoms with E-state index in [1.807, 2.05) is 31.2 Å². The number of nitrogens with zero attached hydrogens (tertiary/aromatic N) is 3. The van der Waals surface area contributed by atoms with Crippen LogP contribution in [0.2, 0.25) is 0 Å². The van der Waals surface area contributed by atoms with Gasteiger partial charge in [-0.2, -0.15) is 0 Å². The minimum Gasteiger partial charge on any atom is -0.296 e. The number of carbonyl (C=O) groups is 1. The fourth-order valence-electron chi connectivity index (χ4n) is 2.65. The molecular formula is C19H19N3O. The molecule has 1 aromatic heterocycles. The molecule has 0 saturated heterocycles. The number of hydrogen-bond acceptors (Lipinski definition) is 3. The largest absolute Gasteiger partial charge is 0.296 e. The maximum Gasteiger partial charge on any atom is 0.172 e. The molecule has 0 N–H and O–H groups in total. The Labute approximate surface area is 135 Å². The van der Waals surface area contributed by atoms with Crippen LogP contribution in [0.5, 0.6) is 0 Å². The summed E-state index contributed by atoms with van der Waals surface area (Å²) in [5.74, 6) is 0. The molecule has 0 amide bonds. The van der Waals surface area contributed by atoms with Crippen molar-refractivity contribution in [2.24, 2.45) is 0 Å². The first-order valence-electron chi connectivity index (χ1n) is 7.70. The summed E-state index contributed by atoms with van der Waals surface area (Å²) in [4.78, 5) is 11.3. The van der Waals surface area contributed by atoms with Crippen LogP contribution in [0.3, 0.4) is 0 Å². The second-order valence-electron chi connectivity index (χ2n) is 5.72. The molecule has 3 aromatic rings. The van der Waals surface area contributed by atoms with Crippen LogP contribution < -0.4 is 0 Å². The quantitative estimate of drug-likeness (QED) is 0.678. The minimum atomic E-state index is 0.417. The Bertz CT molecular complexity index is 819. The summed E-state index contributed by atoms with van der Waals surface area (Å²) in [7, 11) is 0. The lowest BCUT2D eigenvalue weighted by Crippen LogP contribution is -2.07. The second kappa shape index (κ2) is 6.57. The molecule has 4 heteroatoms. The van der Waals surface area contributed by atoms with Crippen molar-refractivity contribution < 1.29 is 4.79 Å². The van der Waals surface area contributed by atoms with Gasteiger partial charge in [-0.25, -0.2) is 4.68 Å². The number of hydrogen-bond donors (Lipinski definition) is 0. The third-order valence-corrected chi connectivity index (χ3v) is 4.02. The highest BCUT2D eigenvalue weighted by atomic mass is 16.1. The molecule has 4 nitrogen and oxygen atoms in total. The van der Waals surface area contributed by atoms with Crippen LogP contribution in [0.25, 0.3) is 5.69 Å². The molecule has 0 aliphatic heterocycles. The molecule has 0 fully saturated rings. The molecular weight excluding hydrogens is 286 g/mol. The van der Waals surface area contributed by atoms with E-state index in [4.69, 9.17) is 0 Å². The molecule has 23 heavy (non-hydrogen) atoms. The number of benzene rings is 2. The van der Waals surface area contributed by atoms with Crippen LogP contribution in [0, 0.1) is 13.8 Å². The standard InChI is InChI=1S/C19H19N3O/c1-14-7-9-16(10-8-14)11-12-19-17(13-23)20-21-22(19)18-6-4-3-5-15(18)2/h3-10,13H,11-12H2,1-2H3. The molecule has 0 radical (unpaired) electrons. The van der Waals surface area contributed by atoms with Gasteiger partial charge in [0.2, 0.25) is 0 Å². The summed E-state index contributed by atoms with van der Waals surface area (Å²) in [5, 5.41) is 8.20. The highest BCUT2D eigenvalue weighted by Gasteiger charge is 2.14. The average Bonchev–Trinajstić information content (AvgIpc) is 2.97. The van der Waals surface area contributed by atoms with Crippen molar-refractivity contribution >= 4 is 6.29 Å². The number of carbonyl (C=O) groups excluding carboxylic acids is 1. The van der Waals surface area contributed by atoms with Crippen molar-refractivity contribution in [1.29, 1.82) is 0 Å². The predicted octanol–water partition coefficient (Wildman–Crippen LogP) is 3.48. The van der Waals surface area contributed by atoms with E-state index in [1.54, 1.807) is 4.68 Å². The van der Waals surface area contributed by atoms with Gasteiger partial charge in [0.1, 0.15) is 5.69 Å². The zero-order valence-electron chi connectivity index (χ0n) is 13.4. The van der Waals surface area contributed by atoms with Gasteiger partial charge in [0.25, 0.3) is 0 Å². The maximum atomic E-state index is 11.3. The van der Waals surface area contributed by atoms with Crippen molar-refractivity contribution in [3.63, 3.8) is 0 Å². The van der Waals surface area contributed by atoms with Crippen molar-refractivity contribution in [1.82, 2.24) is 15.0 Å². The zero-order valence-corrected chi connectivity index (χ0v) is 13.4. The summed E-state index contributed by atoms with van der Waals surface area (Å²) >= 11 is 0. The topological polar surface area (TPSA) is 47.8 Å². The lowest BCUT2D eigenvalue weighted by atomic mass is 10.1.